The van der Waals surface area contributed by atoms with E-state index in [-0.39, 0.29) is 22.9 Å². The molecule has 6 nitrogen and oxygen atoms in total. The van der Waals surface area contributed by atoms with Crippen molar-refractivity contribution in [1.29, 1.82) is 0 Å². The van der Waals surface area contributed by atoms with Gasteiger partial charge in [0, 0.05) is 19.1 Å². The third-order valence-electron chi connectivity index (χ3n) is 2.87. The molecule has 1 amide bonds. The lowest BCUT2D eigenvalue weighted by molar-refractivity contribution is 0.0671. The number of nitrogens with zero attached hydrogens (tertiary/aromatic N) is 1. The number of carbonyl (C=O) groups is 1. The summed E-state index contributed by atoms with van der Waals surface area (Å²) < 4.78 is 30.0. The highest BCUT2D eigenvalue weighted by atomic mass is 35.5. The molecule has 0 radical (unpaired) electrons. The van der Waals surface area contributed by atoms with Crippen molar-refractivity contribution >= 4 is 27.5 Å². The topological polar surface area (TPSA) is 79.6 Å². The lowest BCUT2D eigenvalue weighted by atomic mass is 10.1. The largest absolute Gasteiger partial charge is 0.440 e. The average molecular weight is 307 g/mol. The summed E-state index contributed by atoms with van der Waals surface area (Å²) in [6, 6.07) is 2.77. The number of nitrogens with one attached hydrogen (secondary N) is 1. The molecule has 19 heavy (non-hydrogen) atoms. The maximum absolute atomic E-state index is 12.1. The van der Waals surface area contributed by atoms with Crippen LogP contribution in [0.2, 0.25) is 5.22 Å². The second-order valence-electron chi connectivity index (χ2n) is 4.58. The van der Waals surface area contributed by atoms with Gasteiger partial charge >= 0.3 is 0 Å². The highest BCUT2D eigenvalue weighted by Crippen LogP contribution is 2.18. The van der Waals surface area contributed by atoms with Crippen molar-refractivity contribution in [1.82, 2.24) is 9.62 Å². The molecule has 1 atom stereocenters. The molecule has 0 spiro atoms. The first kappa shape index (κ1) is 14.4. The molecule has 1 aromatic rings. The predicted octanol–water partition coefficient (Wildman–Crippen LogP) is 1.09. The van der Waals surface area contributed by atoms with Crippen LogP contribution < -0.4 is 4.72 Å². The molecule has 106 valence electrons. The Hall–Kier alpha value is -1.05. The van der Waals surface area contributed by atoms with Gasteiger partial charge in [-0.25, -0.2) is 13.1 Å². The summed E-state index contributed by atoms with van der Waals surface area (Å²) in [5.74, 6) is -0.100. The van der Waals surface area contributed by atoms with E-state index in [2.05, 4.69) is 4.72 Å². The molecular weight excluding hydrogens is 292 g/mol. The van der Waals surface area contributed by atoms with E-state index in [1.165, 1.54) is 12.1 Å². The third-order valence-corrected chi connectivity index (χ3v) is 3.84. The number of rotatable bonds is 3. The lowest BCUT2D eigenvalue weighted by Gasteiger charge is -2.32. The smallest absolute Gasteiger partial charge is 0.289 e. The molecule has 0 aliphatic carbocycles. The minimum atomic E-state index is -3.27. The van der Waals surface area contributed by atoms with Gasteiger partial charge in [0.25, 0.3) is 5.91 Å². The number of sulfonamides is 1. The van der Waals surface area contributed by atoms with Gasteiger partial charge < -0.3 is 9.32 Å². The zero-order chi connectivity index (χ0) is 14.0. The maximum atomic E-state index is 12.1. The molecule has 1 aromatic heterocycles. The van der Waals surface area contributed by atoms with Crippen molar-refractivity contribution in [2.75, 3.05) is 19.3 Å². The monoisotopic (exact) mass is 306 g/mol. The number of hydrogen-bond acceptors (Lipinski definition) is 4. The van der Waals surface area contributed by atoms with E-state index in [9.17, 15) is 13.2 Å². The molecule has 1 aliphatic rings. The van der Waals surface area contributed by atoms with Gasteiger partial charge in [0.2, 0.25) is 10.0 Å². The van der Waals surface area contributed by atoms with E-state index in [1.54, 1.807) is 4.90 Å². The second kappa shape index (κ2) is 5.52. The highest BCUT2D eigenvalue weighted by Gasteiger charge is 2.27. The Kier molecular flexibility index (Phi) is 4.17. The Morgan fingerprint density at radius 2 is 2.26 bits per heavy atom. The summed E-state index contributed by atoms with van der Waals surface area (Å²) in [7, 11) is -3.27. The van der Waals surface area contributed by atoms with Gasteiger partial charge in [0.1, 0.15) is 0 Å². The molecule has 2 heterocycles. The Labute approximate surface area is 116 Å². The number of halogens is 1. The average Bonchev–Trinajstić information content (AvgIpc) is 2.73. The van der Waals surface area contributed by atoms with Crippen LogP contribution in [-0.2, 0) is 10.0 Å². The van der Waals surface area contributed by atoms with Gasteiger partial charge in [0.15, 0.2) is 11.0 Å². The van der Waals surface area contributed by atoms with Crippen molar-refractivity contribution in [3.05, 3.63) is 23.1 Å². The Bertz CT molecular complexity index is 569. The van der Waals surface area contributed by atoms with Crippen LogP contribution in [0.5, 0.6) is 0 Å². The summed E-state index contributed by atoms with van der Waals surface area (Å²) in [5, 5.41) is 0.158. The first-order valence-electron chi connectivity index (χ1n) is 5.87. The van der Waals surface area contributed by atoms with Crippen molar-refractivity contribution in [3.63, 3.8) is 0 Å². The Balaban J connectivity index is 2.03. The molecule has 1 aliphatic heterocycles. The van der Waals surface area contributed by atoms with Gasteiger partial charge in [-0.05, 0) is 36.6 Å². The number of furan rings is 1. The second-order valence-corrected chi connectivity index (χ2v) is 6.74. The first-order chi connectivity index (χ1) is 8.85. The summed E-state index contributed by atoms with van der Waals surface area (Å²) in [6.07, 6.45) is 2.57. The summed E-state index contributed by atoms with van der Waals surface area (Å²) >= 11 is 5.63. The molecule has 1 fully saturated rings. The number of amides is 1. The summed E-state index contributed by atoms with van der Waals surface area (Å²) in [6.45, 7) is 0.920. The molecule has 0 saturated carbocycles. The molecule has 1 saturated heterocycles. The predicted molar refractivity (Wildman–Crippen MR) is 70.6 cm³/mol. The van der Waals surface area contributed by atoms with Crippen LogP contribution in [0.4, 0.5) is 0 Å². The van der Waals surface area contributed by atoms with Crippen LogP contribution in [0.3, 0.4) is 0 Å². The van der Waals surface area contributed by atoms with Gasteiger partial charge in [-0.3, -0.25) is 4.79 Å². The van der Waals surface area contributed by atoms with Crippen molar-refractivity contribution in [2.24, 2.45) is 0 Å². The molecule has 1 N–H and O–H groups in total. The molecule has 0 bridgehead atoms. The van der Waals surface area contributed by atoms with E-state index < -0.39 is 10.0 Å². The van der Waals surface area contributed by atoms with Crippen LogP contribution in [-0.4, -0.2) is 44.6 Å². The number of hydrogen-bond donors (Lipinski definition) is 1. The van der Waals surface area contributed by atoms with Gasteiger partial charge in [-0.1, -0.05) is 0 Å². The number of carbonyl (C=O) groups excluding carboxylic acids is 1. The van der Waals surface area contributed by atoms with Crippen LogP contribution in [0.15, 0.2) is 16.5 Å². The molecule has 2 rings (SSSR count). The normalized spacial score (nSPS) is 20.5. The van der Waals surface area contributed by atoms with Crippen LogP contribution in [0.1, 0.15) is 23.4 Å². The minimum absolute atomic E-state index is 0.158. The van der Waals surface area contributed by atoms with Crippen LogP contribution in [0.25, 0.3) is 0 Å². The van der Waals surface area contributed by atoms with Crippen LogP contribution in [0, 0.1) is 0 Å². The fourth-order valence-corrected chi connectivity index (χ4v) is 3.09. The van der Waals surface area contributed by atoms with Crippen molar-refractivity contribution < 1.29 is 17.6 Å². The Morgan fingerprint density at radius 1 is 1.53 bits per heavy atom. The van der Waals surface area contributed by atoms with E-state index in [4.69, 9.17) is 16.0 Å². The fourth-order valence-electron chi connectivity index (χ4n) is 2.15. The zero-order valence-corrected chi connectivity index (χ0v) is 12.0. The standard InChI is InChI=1S/C11H15ClN2O4S/c1-19(16,17)13-8-3-2-6-14(7-8)11(15)9-4-5-10(12)18-9/h4-5,8,13H,2-3,6-7H2,1H3/t8-/m1/s1. The third kappa shape index (κ3) is 3.95. The van der Waals surface area contributed by atoms with E-state index in [0.717, 1.165) is 19.1 Å². The van der Waals surface area contributed by atoms with E-state index in [0.29, 0.717) is 13.1 Å². The number of likely N-dealkylation sites (tertiary alicyclic amines) is 1. The van der Waals surface area contributed by atoms with Gasteiger partial charge in [-0.15, -0.1) is 0 Å². The van der Waals surface area contributed by atoms with E-state index >= 15 is 0 Å². The number of piperidine rings is 1. The molecule has 0 aromatic carbocycles. The summed E-state index contributed by atoms with van der Waals surface area (Å²) in [5.41, 5.74) is 0. The molecule has 8 heteroatoms. The lowest BCUT2D eigenvalue weighted by Crippen LogP contribution is -2.49. The van der Waals surface area contributed by atoms with Gasteiger partial charge in [0.05, 0.1) is 6.26 Å². The van der Waals surface area contributed by atoms with Gasteiger partial charge in [-0.2, -0.15) is 0 Å². The maximum Gasteiger partial charge on any atom is 0.289 e. The van der Waals surface area contributed by atoms with Crippen LogP contribution >= 0.6 is 11.6 Å². The Morgan fingerprint density at radius 3 is 2.84 bits per heavy atom. The first-order valence-corrected chi connectivity index (χ1v) is 8.14. The quantitative estimate of drug-likeness (QED) is 0.906. The van der Waals surface area contributed by atoms with Crippen molar-refractivity contribution in [3.8, 4) is 0 Å². The zero-order valence-electron chi connectivity index (χ0n) is 10.4. The highest BCUT2D eigenvalue weighted by molar-refractivity contribution is 7.88. The fraction of sp³-hybridized carbons (Fsp3) is 0.545. The van der Waals surface area contributed by atoms with Crippen molar-refractivity contribution in [2.45, 2.75) is 18.9 Å². The summed E-state index contributed by atoms with van der Waals surface area (Å²) in [4.78, 5) is 13.7. The minimum Gasteiger partial charge on any atom is -0.440 e. The van der Waals surface area contributed by atoms with E-state index in [1.807, 2.05) is 0 Å². The molecular formula is C11H15ClN2O4S. The SMILES string of the molecule is CS(=O)(=O)N[C@@H]1CCCN(C(=O)c2ccc(Cl)o2)C1. The molecule has 0 unspecified atom stereocenters.